The molecular formula is C20H23NO6S. The molecule has 1 amide bonds. The Kier molecular flexibility index (Phi) is 7.57. The summed E-state index contributed by atoms with van der Waals surface area (Å²) in [7, 11) is 1.69. The first-order valence-corrected chi connectivity index (χ1v) is 9.94. The number of rotatable bonds is 8. The lowest BCUT2D eigenvalue weighted by Crippen LogP contribution is -2.30. The second kappa shape index (κ2) is 9.89. The van der Waals surface area contributed by atoms with Crippen LogP contribution in [-0.4, -0.2) is 42.2 Å². The first-order valence-electron chi connectivity index (χ1n) is 8.62. The smallest absolute Gasteiger partial charge is 0.340 e. The molecule has 0 spiro atoms. The van der Waals surface area contributed by atoms with Gasteiger partial charge >= 0.3 is 5.97 Å². The number of esters is 1. The van der Waals surface area contributed by atoms with Gasteiger partial charge in [0.05, 0.1) is 35.5 Å². The molecule has 0 unspecified atom stereocenters. The van der Waals surface area contributed by atoms with Crippen LogP contribution in [-0.2, 0) is 20.3 Å². The van der Waals surface area contributed by atoms with E-state index >= 15 is 0 Å². The van der Waals surface area contributed by atoms with Crippen LogP contribution in [0.1, 0.15) is 24.2 Å². The van der Waals surface area contributed by atoms with Crippen molar-refractivity contribution >= 4 is 28.4 Å². The average Bonchev–Trinajstić information content (AvgIpc) is 2.72. The van der Waals surface area contributed by atoms with Crippen LogP contribution in [0.4, 0.5) is 5.69 Å². The zero-order valence-electron chi connectivity index (χ0n) is 16.2. The van der Waals surface area contributed by atoms with Gasteiger partial charge in [-0.2, -0.15) is 0 Å². The molecule has 0 fully saturated rings. The van der Waals surface area contributed by atoms with Crippen molar-refractivity contribution in [3.05, 3.63) is 48.0 Å². The Labute approximate surface area is 166 Å². The van der Waals surface area contributed by atoms with Gasteiger partial charge in [-0.3, -0.25) is 9.00 Å². The molecule has 150 valence electrons. The lowest BCUT2D eigenvalue weighted by molar-refractivity contribution is -0.123. The third-order valence-electron chi connectivity index (χ3n) is 3.92. The predicted octanol–water partition coefficient (Wildman–Crippen LogP) is 3.02. The third-order valence-corrected chi connectivity index (χ3v) is 5.29. The summed E-state index contributed by atoms with van der Waals surface area (Å²) < 4.78 is 27.7. The number of carbonyl (C=O) groups excluding carboxylic acids is 2. The summed E-state index contributed by atoms with van der Waals surface area (Å²) in [5.74, 6) is 0.156. The molecule has 8 heteroatoms. The summed E-state index contributed by atoms with van der Waals surface area (Å²) in [6.07, 6.45) is -1.05. The van der Waals surface area contributed by atoms with Gasteiger partial charge in [-0.05, 0) is 31.2 Å². The van der Waals surface area contributed by atoms with E-state index in [0.717, 1.165) is 0 Å². The molecule has 0 aliphatic rings. The van der Waals surface area contributed by atoms with E-state index in [-0.39, 0.29) is 5.56 Å². The van der Waals surface area contributed by atoms with E-state index in [1.807, 2.05) is 0 Å². The second-order valence-electron chi connectivity index (χ2n) is 5.74. The number of hydrogen-bond acceptors (Lipinski definition) is 6. The number of ether oxygens (including phenoxy) is 3. The second-order valence-corrected chi connectivity index (χ2v) is 7.45. The van der Waals surface area contributed by atoms with E-state index in [1.54, 1.807) is 43.3 Å². The summed E-state index contributed by atoms with van der Waals surface area (Å²) in [6.45, 7) is 3.23. The molecule has 1 N–H and O–H groups in total. The van der Waals surface area contributed by atoms with E-state index in [1.165, 1.54) is 27.2 Å². The summed E-state index contributed by atoms with van der Waals surface area (Å²) in [4.78, 5) is 25.2. The van der Waals surface area contributed by atoms with E-state index in [2.05, 4.69) is 5.32 Å². The SMILES string of the molecule is CC[S@](=O)c1ccccc1C(=O)O[C@@H](C)C(=O)Nc1ccc(OC)c(OC)c1. The van der Waals surface area contributed by atoms with Crippen molar-refractivity contribution in [1.82, 2.24) is 0 Å². The minimum absolute atomic E-state index is 0.188. The topological polar surface area (TPSA) is 90.9 Å². The fourth-order valence-corrected chi connectivity index (χ4v) is 3.36. The highest BCUT2D eigenvalue weighted by Gasteiger charge is 2.22. The average molecular weight is 405 g/mol. The van der Waals surface area contributed by atoms with Gasteiger partial charge in [-0.1, -0.05) is 19.1 Å². The normalized spacial score (nSPS) is 12.6. The molecule has 0 aliphatic heterocycles. The molecule has 28 heavy (non-hydrogen) atoms. The highest BCUT2D eigenvalue weighted by atomic mass is 32.2. The molecule has 0 radical (unpaired) electrons. The van der Waals surface area contributed by atoms with Gasteiger partial charge in [0, 0.05) is 17.5 Å². The Hall–Kier alpha value is -2.87. The van der Waals surface area contributed by atoms with Crippen LogP contribution < -0.4 is 14.8 Å². The number of nitrogens with one attached hydrogen (secondary N) is 1. The van der Waals surface area contributed by atoms with E-state index < -0.39 is 28.8 Å². The Morgan fingerprint density at radius 2 is 1.75 bits per heavy atom. The predicted molar refractivity (Wildman–Crippen MR) is 106 cm³/mol. The van der Waals surface area contributed by atoms with Gasteiger partial charge in [0.1, 0.15) is 0 Å². The van der Waals surface area contributed by atoms with Gasteiger partial charge in [-0.25, -0.2) is 4.79 Å². The Morgan fingerprint density at radius 3 is 2.39 bits per heavy atom. The summed E-state index contributed by atoms with van der Waals surface area (Å²) in [5, 5.41) is 2.66. The largest absolute Gasteiger partial charge is 0.493 e. The lowest BCUT2D eigenvalue weighted by atomic mass is 10.2. The van der Waals surface area contributed by atoms with Crippen LogP contribution >= 0.6 is 0 Å². The fourth-order valence-electron chi connectivity index (χ4n) is 2.42. The van der Waals surface area contributed by atoms with Crippen molar-refractivity contribution in [2.45, 2.75) is 24.8 Å². The molecule has 0 bridgehead atoms. The molecule has 2 rings (SSSR count). The number of methoxy groups -OCH3 is 2. The van der Waals surface area contributed by atoms with Gasteiger partial charge in [0.15, 0.2) is 17.6 Å². The van der Waals surface area contributed by atoms with Crippen molar-refractivity contribution in [3.8, 4) is 11.5 Å². The molecule has 0 heterocycles. The zero-order chi connectivity index (χ0) is 20.7. The van der Waals surface area contributed by atoms with Crippen molar-refractivity contribution < 1.29 is 28.0 Å². The number of anilines is 1. The molecule has 2 aromatic carbocycles. The van der Waals surface area contributed by atoms with E-state index in [4.69, 9.17) is 14.2 Å². The molecular weight excluding hydrogens is 382 g/mol. The molecule has 7 nitrogen and oxygen atoms in total. The van der Waals surface area contributed by atoms with Crippen LogP contribution in [0.25, 0.3) is 0 Å². The molecule has 2 aromatic rings. The third kappa shape index (κ3) is 5.10. The number of hydrogen-bond donors (Lipinski definition) is 1. The standard InChI is InChI=1S/C20H23NO6S/c1-5-28(24)18-9-7-6-8-15(18)20(23)27-13(2)19(22)21-14-10-11-16(25-3)17(12-14)26-4/h6-13H,5H2,1-4H3,(H,21,22)/t13-,28-/m0/s1. The Morgan fingerprint density at radius 1 is 1.07 bits per heavy atom. The monoisotopic (exact) mass is 405 g/mol. The van der Waals surface area contributed by atoms with Gasteiger partial charge in [0.25, 0.3) is 5.91 Å². The highest BCUT2D eigenvalue weighted by molar-refractivity contribution is 7.85. The maximum Gasteiger partial charge on any atom is 0.340 e. The summed E-state index contributed by atoms with van der Waals surface area (Å²) in [6, 6.07) is 11.4. The van der Waals surface area contributed by atoms with Crippen molar-refractivity contribution in [2.24, 2.45) is 0 Å². The summed E-state index contributed by atoms with van der Waals surface area (Å²) >= 11 is 0. The van der Waals surface area contributed by atoms with Gasteiger partial charge < -0.3 is 19.5 Å². The molecule has 0 aliphatic carbocycles. The maximum atomic E-state index is 12.5. The van der Waals surface area contributed by atoms with Crippen LogP contribution in [0.2, 0.25) is 0 Å². The van der Waals surface area contributed by atoms with Crippen molar-refractivity contribution in [2.75, 3.05) is 25.3 Å². The summed E-state index contributed by atoms with van der Waals surface area (Å²) in [5.41, 5.74) is 0.659. The van der Waals surface area contributed by atoms with Crippen molar-refractivity contribution in [1.29, 1.82) is 0 Å². The molecule has 0 saturated heterocycles. The maximum absolute atomic E-state index is 12.5. The van der Waals surface area contributed by atoms with E-state index in [0.29, 0.717) is 27.8 Å². The van der Waals surface area contributed by atoms with Crippen molar-refractivity contribution in [3.63, 3.8) is 0 Å². The molecule has 2 atom stereocenters. The van der Waals surface area contributed by atoms with Crippen LogP contribution in [0.15, 0.2) is 47.4 Å². The van der Waals surface area contributed by atoms with Gasteiger partial charge in [0.2, 0.25) is 0 Å². The van der Waals surface area contributed by atoms with E-state index in [9.17, 15) is 13.8 Å². The lowest BCUT2D eigenvalue weighted by Gasteiger charge is -2.15. The number of carbonyl (C=O) groups is 2. The van der Waals surface area contributed by atoms with Crippen LogP contribution in [0, 0.1) is 0 Å². The quantitative estimate of drug-likeness (QED) is 0.679. The zero-order valence-corrected chi connectivity index (χ0v) is 17.0. The number of amides is 1. The van der Waals surface area contributed by atoms with Crippen LogP contribution in [0.5, 0.6) is 11.5 Å². The Bertz CT molecular complexity index is 883. The number of benzene rings is 2. The highest BCUT2D eigenvalue weighted by Crippen LogP contribution is 2.29. The Balaban J connectivity index is 2.09. The molecule has 0 aromatic heterocycles. The fraction of sp³-hybridized carbons (Fsp3) is 0.300. The molecule has 0 saturated carbocycles. The first kappa shape index (κ1) is 21.4. The first-order chi connectivity index (χ1) is 13.4. The minimum Gasteiger partial charge on any atom is -0.493 e. The van der Waals surface area contributed by atoms with Crippen LogP contribution in [0.3, 0.4) is 0 Å². The van der Waals surface area contributed by atoms with Gasteiger partial charge in [-0.15, -0.1) is 0 Å². The minimum atomic E-state index is -1.31.